The minimum Gasteiger partial charge on any atom is -0.494 e. The number of hydrogen-bond donors (Lipinski definition) is 1. The second-order valence-electron chi connectivity index (χ2n) is 4.61. The Hall–Kier alpha value is -2.07. The van der Waals surface area contributed by atoms with Crippen molar-refractivity contribution in [2.24, 2.45) is 0 Å². The van der Waals surface area contributed by atoms with E-state index in [2.05, 4.69) is 5.32 Å². The highest BCUT2D eigenvalue weighted by atomic mass is 19.1. The monoisotopic (exact) mass is 289 g/mol. The highest BCUT2D eigenvalue weighted by Crippen LogP contribution is 2.20. The van der Waals surface area contributed by atoms with Gasteiger partial charge in [-0.25, -0.2) is 4.39 Å². The van der Waals surface area contributed by atoms with Gasteiger partial charge in [0.25, 0.3) is 0 Å². The molecule has 21 heavy (non-hydrogen) atoms. The van der Waals surface area contributed by atoms with E-state index in [9.17, 15) is 4.39 Å². The van der Waals surface area contributed by atoms with E-state index in [1.54, 1.807) is 12.1 Å². The summed E-state index contributed by atoms with van der Waals surface area (Å²) in [5, 5.41) is 3.20. The molecule has 0 aliphatic rings. The molecule has 0 bridgehead atoms. The fourth-order valence-corrected chi connectivity index (χ4v) is 2.05. The Morgan fingerprint density at radius 1 is 1.05 bits per heavy atom. The van der Waals surface area contributed by atoms with E-state index in [0.29, 0.717) is 19.0 Å². The van der Waals surface area contributed by atoms with Gasteiger partial charge in [-0.05, 0) is 43.8 Å². The summed E-state index contributed by atoms with van der Waals surface area (Å²) in [6, 6.07) is 14.1. The third kappa shape index (κ3) is 4.46. The molecular formula is C17H20FNO2. The second-order valence-corrected chi connectivity index (χ2v) is 4.61. The van der Waals surface area contributed by atoms with Gasteiger partial charge < -0.3 is 14.8 Å². The minimum atomic E-state index is -0.297. The third-order valence-corrected chi connectivity index (χ3v) is 3.15. The molecule has 0 aromatic heterocycles. The van der Waals surface area contributed by atoms with E-state index in [0.717, 1.165) is 11.3 Å². The van der Waals surface area contributed by atoms with Crippen molar-refractivity contribution in [3.63, 3.8) is 0 Å². The van der Waals surface area contributed by atoms with Crippen LogP contribution in [-0.4, -0.2) is 20.3 Å². The Labute approximate surface area is 124 Å². The molecule has 0 heterocycles. The van der Waals surface area contributed by atoms with Gasteiger partial charge in [-0.3, -0.25) is 0 Å². The Morgan fingerprint density at radius 2 is 1.81 bits per heavy atom. The first kappa shape index (κ1) is 15.3. The molecule has 4 heteroatoms. The van der Waals surface area contributed by atoms with Crippen molar-refractivity contribution in [3.8, 4) is 11.5 Å². The number of ether oxygens (including phenoxy) is 2. The molecule has 0 radical (unpaired) electrons. The van der Waals surface area contributed by atoms with Gasteiger partial charge in [0.15, 0.2) is 0 Å². The largest absolute Gasteiger partial charge is 0.494 e. The van der Waals surface area contributed by atoms with E-state index in [1.807, 2.05) is 38.2 Å². The van der Waals surface area contributed by atoms with Gasteiger partial charge in [0, 0.05) is 6.07 Å². The van der Waals surface area contributed by atoms with E-state index in [-0.39, 0.29) is 11.9 Å². The predicted octanol–water partition coefficient (Wildman–Crippen LogP) is 3.56. The fraction of sp³-hybridized carbons (Fsp3) is 0.294. The summed E-state index contributed by atoms with van der Waals surface area (Å²) in [7, 11) is 1.87. The lowest BCUT2D eigenvalue weighted by Crippen LogP contribution is -2.23. The van der Waals surface area contributed by atoms with Crippen LogP contribution in [0.5, 0.6) is 11.5 Å². The minimum absolute atomic E-state index is 0.0314. The highest BCUT2D eigenvalue weighted by Gasteiger charge is 2.10. The summed E-state index contributed by atoms with van der Waals surface area (Å²) in [6.07, 6.45) is 0. The number of nitrogens with one attached hydrogen (secondary N) is 1. The lowest BCUT2D eigenvalue weighted by atomic mass is 10.1. The summed E-state index contributed by atoms with van der Waals surface area (Å²) < 4.78 is 24.2. The summed E-state index contributed by atoms with van der Waals surface area (Å²) in [4.78, 5) is 0. The number of benzene rings is 2. The zero-order chi connectivity index (χ0) is 15.1. The van der Waals surface area contributed by atoms with Gasteiger partial charge in [-0.2, -0.15) is 0 Å². The molecule has 1 atom stereocenters. The summed E-state index contributed by atoms with van der Waals surface area (Å²) in [5.74, 6) is 1.08. The van der Waals surface area contributed by atoms with Gasteiger partial charge in [0.2, 0.25) is 0 Å². The molecule has 2 rings (SSSR count). The van der Waals surface area contributed by atoms with Gasteiger partial charge in [-0.15, -0.1) is 0 Å². The van der Waals surface area contributed by atoms with E-state index in [1.165, 1.54) is 12.1 Å². The molecular weight excluding hydrogens is 269 g/mol. The van der Waals surface area contributed by atoms with Crippen molar-refractivity contribution in [3.05, 3.63) is 59.9 Å². The molecule has 0 aliphatic heterocycles. The fourth-order valence-electron chi connectivity index (χ4n) is 2.05. The molecule has 2 aromatic carbocycles. The van der Waals surface area contributed by atoms with Crippen molar-refractivity contribution in [1.29, 1.82) is 0 Å². The van der Waals surface area contributed by atoms with Crippen LogP contribution < -0.4 is 14.8 Å². The maximum atomic E-state index is 13.1. The Morgan fingerprint density at radius 3 is 2.43 bits per heavy atom. The SMILES string of the molecule is CCOc1ccc(C(COc2cccc(F)c2)NC)cc1. The van der Waals surface area contributed by atoms with E-state index in [4.69, 9.17) is 9.47 Å². The Bertz CT molecular complexity index is 557. The molecule has 0 saturated heterocycles. The first-order chi connectivity index (χ1) is 10.2. The van der Waals surface area contributed by atoms with Crippen molar-refractivity contribution in [2.45, 2.75) is 13.0 Å². The van der Waals surface area contributed by atoms with Crippen LogP contribution in [0.15, 0.2) is 48.5 Å². The zero-order valence-corrected chi connectivity index (χ0v) is 12.3. The number of rotatable bonds is 7. The molecule has 0 saturated carbocycles. The summed E-state index contributed by atoms with van der Waals surface area (Å²) in [5.41, 5.74) is 1.09. The van der Waals surface area contributed by atoms with Gasteiger partial charge in [0.05, 0.1) is 12.6 Å². The van der Waals surface area contributed by atoms with Gasteiger partial charge in [0.1, 0.15) is 23.9 Å². The topological polar surface area (TPSA) is 30.5 Å². The zero-order valence-electron chi connectivity index (χ0n) is 12.3. The average Bonchev–Trinajstić information content (AvgIpc) is 2.50. The Kier molecular flexibility index (Phi) is 5.58. The van der Waals surface area contributed by atoms with Crippen molar-refractivity contribution < 1.29 is 13.9 Å². The van der Waals surface area contributed by atoms with Crippen LogP contribution in [-0.2, 0) is 0 Å². The predicted molar refractivity (Wildman–Crippen MR) is 81.3 cm³/mol. The molecule has 0 amide bonds. The molecule has 0 aliphatic carbocycles. The molecule has 0 spiro atoms. The number of likely N-dealkylation sites (N-methyl/N-ethyl adjacent to an activating group) is 1. The third-order valence-electron chi connectivity index (χ3n) is 3.15. The molecule has 112 valence electrons. The van der Waals surface area contributed by atoms with Crippen molar-refractivity contribution in [1.82, 2.24) is 5.32 Å². The van der Waals surface area contributed by atoms with Crippen LogP contribution in [0.1, 0.15) is 18.5 Å². The van der Waals surface area contributed by atoms with Gasteiger partial charge in [-0.1, -0.05) is 18.2 Å². The summed E-state index contributed by atoms with van der Waals surface area (Å²) >= 11 is 0. The Balaban J connectivity index is 1.99. The quantitative estimate of drug-likeness (QED) is 0.845. The molecule has 3 nitrogen and oxygen atoms in total. The summed E-state index contributed by atoms with van der Waals surface area (Å²) in [6.45, 7) is 3.03. The lowest BCUT2D eigenvalue weighted by molar-refractivity contribution is 0.272. The van der Waals surface area contributed by atoms with Crippen molar-refractivity contribution in [2.75, 3.05) is 20.3 Å². The van der Waals surface area contributed by atoms with Crippen LogP contribution in [0.2, 0.25) is 0 Å². The first-order valence-corrected chi connectivity index (χ1v) is 7.01. The van der Waals surface area contributed by atoms with Crippen molar-refractivity contribution >= 4 is 0 Å². The number of hydrogen-bond acceptors (Lipinski definition) is 3. The smallest absolute Gasteiger partial charge is 0.126 e. The maximum Gasteiger partial charge on any atom is 0.126 e. The molecule has 2 aromatic rings. The second kappa shape index (κ2) is 7.64. The van der Waals surface area contributed by atoms with E-state index < -0.39 is 0 Å². The lowest BCUT2D eigenvalue weighted by Gasteiger charge is -2.18. The highest BCUT2D eigenvalue weighted by molar-refractivity contribution is 5.29. The normalized spacial score (nSPS) is 12.0. The molecule has 1 N–H and O–H groups in total. The first-order valence-electron chi connectivity index (χ1n) is 7.01. The van der Waals surface area contributed by atoms with Crippen LogP contribution in [0.25, 0.3) is 0 Å². The standard InChI is InChI=1S/C17H20FNO2/c1-3-20-15-9-7-13(8-10-15)17(19-2)12-21-16-6-4-5-14(18)11-16/h4-11,17,19H,3,12H2,1-2H3. The molecule has 1 unspecified atom stereocenters. The molecule has 0 fully saturated rings. The van der Waals surface area contributed by atoms with Crippen LogP contribution in [0.4, 0.5) is 4.39 Å². The maximum absolute atomic E-state index is 13.1. The average molecular weight is 289 g/mol. The van der Waals surface area contributed by atoms with Gasteiger partial charge >= 0.3 is 0 Å². The van der Waals surface area contributed by atoms with Crippen LogP contribution in [0.3, 0.4) is 0 Å². The van der Waals surface area contributed by atoms with Crippen LogP contribution >= 0.6 is 0 Å². The number of halogens is 1. The van der Waals surface area contributed by atoms with Crippen LogP contribution in [0, 0.1) is 5.82 Å². The van der Waals surface area contributed by atoms with E-state index >= 15 is 0 Å².